The fourth-order valence-electron chi connectivity index (χ4n) is 18.2. The van der Waals surface area contributed by atoms with Crippen molar-refractivity contribution in [3.63, 3.8) is 0 Å². The second-order valence-electron chi connectivity index (χ2n) is 36.0. The van der Waals surface area contributed by atoms with Gasteiger partial charge in [-0.15, -0.1) is 0 Å². The van der Waals surface area contributed by atoms with E-state index in [1.165, 1.54) is 22.3 Å². The molecule has 5 heterocycles. The van der Waals surface area contributed by atoms with Crippen LogP contribution in [0.15, 0.2) is 303 Å². The van der Waals surface area contributed by atoms with E-state index in [-0.39, 0.29) is 61.0 Å². The van der Waals surface area contributed by atoms with E-state index in [4.69, 9.17) is 0 Å². The smallest absolute Gasteiger partial charge is 0.247 e. The lowest BCUT2D eigenvalue weighted by atomic mass is 9.29. The van der Waals surface area contributed by atoms with E-state index in [9.17, 15) is 11.0 Å². The van der Waals surface area contributed by atoms with Gasteiger partial charge in [0.15, 0.2) is 0 Å². The number of nitrogens with zero attached hydrogens (tertiary/aromatic N) is 4. The molecule has 0 aliphatic carbocycles. The molecule has 4 nitrogen and oxygen atoms in total. The van der Waals surface area contributed by atoms with Crippen LogP contribution < -0.4 is 26.2 Å². The molecule has 538 valence electrons. The molecule has 0 bridgehead atoms. The molecule has 14 aromatic carbocycles. The lowest BCUT2D eigenvalue weighted by Gasteiger charge is -2.52. The van der Waals surface area contributed by atoms with Gasteiger partial charge in [-0.1, -0.05) is 315 Å². The van der Waals surface area contributed by atoms with Crippen molar-refractivity contribution < 1.29 is 11.0 Å². The first-order chi connectivity index (χ1) is 56.0. The Hall–Kier alpha value is -11.7. The molecular weight excluding hydrogens is 1330 g/mol. The summed E-state index contributed by atoms with van der Waals surface area (Å²) in [6, 6.07) is 91.9. The van der Waals surface area contributed by atoms with Crippen molar-refractivity contribution >= 4 is 101 Å². The van der Waals surface area contributed by atoms with Gasteiger partial charge < -0.3 is 18.9 Å². The van der Waals surface area contributed by atoms with Crippen molar-refractivity contribution in [1.82, 2.24) is 9.13 Å². The number of para-hydroxylation sites is 5. The van der Waals surface area contributed by atoms with Crippen LogP contribution in [0.2, 0.25) is 0 Å². The molecule has 0 saturated heterocycles. The van der Waals surface area contributed by atoms with Gasteiger partial charge in [0, 0.05) is 61.1 Å². The first-order valence-electron chi connectivity index (χ1n) is 42.9. The number of benzene rings is 14. The summed E-state index contributed by atoms with van der Waals surface area (Å²) >= 11 is 0. The lowest BCUT2D eigenvalue weighted by Crippen LogP contribution is -2.65. The molecule has 3 aliphatic heterocycles. The summed E-state index contributed by atoms with van der Waals surface area (Å²) in [6.45, 7) is 33.9. The standard InChI is InChI=1S/C105H95BN4/c1-100(2,3)70-48-53-92-82(59-70)83-60-71(101(4,5)6)49-54-93(83)109(92)77-63-87-98-97(65-77)110(99-80(66-33-19-16-20-34-66)61-74(104(13,14)15)62-81(99)67-35-21-17-22-36-67)96-64-76(108-90-43-29-25-39-78(90)79-40-26-30-44-91(79)108)50-52-89(96)106(98)88-51-47-68(69-55-72(102(7,8)9)58-73(56-69)103(10,11)12)57-86(88)105(87)84-41-27-31-45-94(84)107(75-37-23-18-24-38-75)95-46-32-28-42-85(95)105/h16-65H,1-15H3/i25D,26D,29D,30D,39D,40D,43D,44D. The van der Waals surface area contributed by atoms with Gasteiger partial charge >= 0.3 is 0 Å². The van der Waals surface area contributed by atoms with Crippen LogP contribution in [0.4, 0.5) is 34.1 Å². The highest BCUT2D eigenvalue weighted by molar-refractivity contribution is 6.99. The molecule has 0 saturated carbocycles. The minimum Gasteiger partial charge on any atom is -0.310 e. The van der Waals surface area contributed by atoms with Crippen molar-refractivity contribution in [2.75, 3.05) is 9.80 Å². The number of hydrogen-bond donors (Lipinski definition) is 0. The Morgan fingerprint density at radius 2 is 0.736 bits per heavy atom. The molecular formula is C105H95BN4. The van der Waals surface area contributed by atoms with E-state index in [1.807, 2.05) is 6.07 Å². The quantitative estimate of drug-likeness (QED) is 0.148. The van der Waals surface area contributed by atoms with E-state index in [0.29, 0.717) is 5.69 Å². The van der Waals surface area contributed by atoms with Crippen molar-refractivity contribution in [2.24, 2.45) is 0 Å². The molecule has 0 unspecified atom stereocenters. The summed E-state index contributed by atoms with van der Waals surface area (Å²) in [5, 5.41) is 2.31. The molecule has 110 heavy (non-hydrogen) atoms. The average molecular weight is 1430 g/mol. The summed E-state index contributed by atoms with van der Waals surface area (Å²) in [5.74, 6) is 0. The maximum absolute atomic E-state index is 10.0. The Morgan fingerprint density at radius 3 is 1.25 bits per heavy atom. The van der Waals surface area contributed by atoms with Crippen LogP contribution in [-0.2, 0) is 32.5 Å². The van der Waals surface area contributed by atoms with E-state index < -0.39 is 48.4 Å². The Balaban J connectivity index is 1.07. The van der Waals surface area contributed by atoms with Gasteiger partial charge in [0.05, 0.1) is 55.5 Å². The molecule has 19 rings (SSSR count). The maximum Gasteiger partial charge on any atom is 0.247 e. The van der Waals surface area contributed by atoms with Gasteiger partial charge in [0.25, 0.3) is 0 Å². The summed E-state index contributed by atoms with van der Waals surface area (Å²) in [4.78, 5) is 4.98. The minimum absolute atomic E-state index is 0.0111. The van der Waals surface area contributed by atoms with Crippen molar-refractivity contribution in [1.29, 1.82) is 0 Å². The number of rotatable bonds is 7. The van der Waals surface area contributed by atoms with E-state index in [2.05, 4.69) is 367 Å². The normalized spacial score (nSPS) is 15.0. The summed E-state index contributed by atoms with van der Waals surface area (Å²) in [7, 11) is 0. The van der Waals surface area contributed by atoms with E-state index in [1.54, 1.807) is 4.57 Å². The molecule has 2 aromatic heterocycles. The SMILES string of the molecule is [2H]c1c([2H])c([2H])c2c(c1[2H])c1c([2H])c([2H])c([2H])c([2H])c1n2-c1ccc2c(c1)N(c1c(-c3ccccc3)cc(C(C)(C)C)cc1-c1ccccc1)c1cc(-n3c4ccc(C(C)(C)C)cc4c4cc(C(C)(C)C)ccc43)cc3c1B2c1ccc(-c2cc(C(C)(C)C)cc(C(C)(C)C)c2)cc1C31c2ccccc2N(c2ccccc2)c2ccccc21. The van der Waals surface area contributed by atoms with Gasteiger partial charge in [-0.3, -0.25) is 0 Å². The number of fused-ring (bicyclic) bond motifs is 16. The van der Waals surface area contributed by atoms with Crippen LogP contribution in [0.1, 0.15) is 165 Å². The molecule has 5 heteroatoms. The fraction of sp³-hybridized carbons (Fsp3) is 0.200. The highest BCUT2D eigenvalue weighted by Gasteiger charge is 2.56. The monoisotopic (exact) mass is 1430 g/mol. The molecule has 16 aromatic rings. The van der Waals surface area contributed by atoms with Crippen LogP contribution in [-0.4, -0.2) is 15.8 Å². The third-order valence-electron chi connectivity index (χ3n) is 23.9. The van der Waals surface area contributed by atoms with Crippen LogP contribution >= 0.6 is 0 Å². The lowest BCUT2D eigenvalue weighted by molar-refractivity contribution is 0.569. The third kappa shape index (κ3) is 10.7. The minimum atomic E-state index is -1.12. The Morgan fingerprint density at radius 1 is 0.282 bits per heavy atom. The summed E-state index contributed by atoms with van der Waals surface area (Å²) in [5.41, 5.74) is 26.7. The van der Waals surface area contributed by atoms with E-state index >= 15 is 0 Å². The van der Waals surface area contributed by atoms with Gasteiger partial charge in [-0.2, -0.15) is 0 Å². The van der Waals surface area contributed by atoms with Crippen LogP contribution in [0.5, 0.6) is 0 Å². The molecule has 0 amide bonds. The summed E-state index contributed by atoms with van der Waals surface area (Å²) < 4.78 is 81.0. The first kappa shape index (κ1) is 60.3. The predicted molar refractivity (Wildman–Crippen MR) is 471 cm³/mol. The van der Waals surface area contributed by atoms with Gasteiger partial charge in [-0.05, 0) is 207 Å². The number of anilines is 6. The predicted octanol–water partition coefficient (Wildman–Crippen LogP) is 26.1. The van der Waals surface area contributed by atoms with Crippen molar-refractivity contribution in [3.05, 3.63) is 353 Å². The summed E-state index contributed by atoms with van der Waals surface area (Å²) in [6.07, 6.45) is 0. The Bertz CT molecular complexity index is 6650. The van der Waals surface area contributed by atoms with Gasteiger partial charge in [-0.25, -0.2) is 0 Å². The van der Waals surface area contributed by atoms with E-state index in [0.717, 1.165) is 139 Å². The van der Waals surface area contributed by atoms with Crippen molar-refractivity contribution in [2.45, 2.75) is 136 Å². The highest BCUT2D eigenvalue weighted by Crippen LogP contribution is 2.61. The molecule has 0 fully saturated rings. The Labute approximate surface area is 661 Å². The van der Waals surface area contributed by atoms with Crippen LogP contribution in [0.25, 0.3) is 88.4 Å². The number of hydrogen-bond acceptors (Lipinski definition) is 2. The second-order valence-corrected chi connectivity index (χ2v) is 36.0. The molecule has 1 spiro atoms. The zero-order valence-electron chi connectivity index (χ0n) is 73.6. The zero-order chi connectivity index (χ0) is 82.8. The second kappa shape index (κ2) is 24.7. The molecule has 3 aliphatic rings. The fourth-order valence-corrected chi connectivity index (χ4v) is 18.2. The molecule has 0 N–H and O–H groups in total. The highest BCUT2D eigenvalue weighted by atomic mass is 15.2. The van der Waals surface area contributed by atoms with Crippen LogP contribution in [0, 0.1) is 0 Å². The molecule has 0 atom stereocenters. The maximum atomic E-state index is 10.0. The van der Waals surface area contributed by atoms with Gasteiger partial charge in [0.2, 0.25) is 6.71 Å². The topological polar surface area (TPSA) is 16.3 Å². The largest absolute Gasteiger partial charge is 0.310 e. The zero-order valence-corrected chi connectivity index (χ0v) is 65.6. The van der Waals surface area contributed by atoms with Crippen LogP contribution in [0.3, 0.4) is 0 Å². The third-order valence-corrected chi connectivity index (χ3v) is 23.9. The number of aromatic nitrogens is 2. The molecule has 0 radical (unpaired) electrons. The average Bonchev–Trinajstić information content (AvgIpc) is 0.745. The van der Waals surface area contributed by atoms with Gasteiger partial charge in [0.1, 0.15) is 0 Å². The Kier molecular flexibility index (Phi) is 13.5. The first-order valence-corrected chi connectivity index (χ1v) is 38.9. The van der Waals surface area contributed by atoms with Crippen molar-refractivity contribution in [3.8, 4) is 44.8 Å².